The second-order valence-corrected chi connectivity index (χ2v) is 7.66. The lowest BCUT2D eigenvalue weighted by molar-refractivity contribution is 0.0154. The number of aryl methyl sites for hydroxylation is 1. The molecule has 5 heteroatoms. The first kappa shape index (κ1) is 19.1. The lowest BCUT2D eigenvalue weighted by Gasteiger charge is -2.34. The predicted octanol–water partition coefficient (Wildman–Crippen LogP) is 4.28. The molecule has 5 nitrogen and oxygen atoms in total. The van der Waals surface area contributed by atoms with Crippen LogP contribution in [-0.4, -0.2) is 36.3 Å². The normalized spacial score (nSPS) is 17.7. The number of hydrogen-bond acceptors (Lipinski definition) is 4. The Morgan fingerprint density at radius 3 is 2.84 bits per heavy atom. The van der Waals surface area contributed by atoms with Crippen LogP contribution in [0.5, 0.6) is 5.75 Å². The molecule has 0 N–H and O–H groups in total. The van der Waals surface area contributed by atoms with Crippen molar-refractivity contribution in [2.75, 3.05) is 19.7 Å². The van der Waals surface area contributed by atoms with Gasteiger partial charge in [-0.2, -0.15) is 5.26 Å². The smallest absolute Gasteiger partial charge is 0.410 e. The number of ether oxygens (including phenoxy) is 2. The monoisotopic (exact) mass is 344 g/mol. The molecule has 25 heavy (non-hydrogen) atoms. The van der Waals surface area contributed by atoms with Crippen LogP contribution in [0.15, 0.2) is 18.2 Å². The summed E-state index contributed by atoms with van der Waals surface area (Å²) >= 11 is 0. The molecule has 1 aliphatic heterocycles. The van der Waals surface area contributed by atoms with Crippen LogP contribution < -0.4 is 4.74 Å². The van der Waals surface area contributed by atoms with Gasteiger partial charge in [0.25, 0.3) is 0 Å². The van der Waals surface area contributed by atoms with Crippen LogP contribution in [0.3, 0.4) is 0 Å². The number of likely N-dealkylation sites (tertiary alicyclic amines) is 1. The summed E-state index contributed by atoms with van der Waals surface area (Å²) in [6.07, 6.45) is 2.75. The van der Waals surface area contributed by atoms with Crippen LogP contribution >= 0.6 is 0 Å². The lowest BCUT2D eigenvalue weighted by Crippen LogP contribution is -2.43. The third-order valence-corrected chi connectivity index (χ3v) is 4.29. The van der Waals surface area contributed by atoms with Crippen LogP contribution in [0, 0.1) is 24.2 Å². The van der Waals surface area contributed by atoms with Crippen LogP contribution in [0.4, 0.5) is 4.79 Å². The molecule has 0 spiro atoms. The maximum Gasteiger partial charge on any atom is 0.410 e. The summed E-state index contributed by atoms with van der Waals surface area (Å²) in [4.78, 5) is 14.0. The van der Waals surface area contributed by atoms with Gasteiger partial charge in [-0.05, 0) is 70.6 Å². The van der Waals surface area contributed by atoms with E-state index in [1.165, 1.54) is 0 Å². The molecule has 1 aromatic rings. The second-order valence-electron chi connectivity index (χ2n) is 7.66. The molecule has 2 rings (SSSR count). The van der Waals surface area contributed by atoms with Crippen molar-refractivity contribution in [3.05, 3.63) is 29.3 Å². The molecule has 1 saturated heterocycles. The summed E-state index contributed by atoms with van der Waals surface area (Å²) in [5, 5.41) is 9.08. The molecule has 1 aliphatic rings. The molecule has 1 heterocycles. The number of nitrogens with zero attached hydrogens (tertiary/aromatic N) is 2. The predicted molar refractivity (Wildman–Crippen MR) is 96.5 cm³/mol. The molecule has 1 atom stereocenters. The Balaban J connectivity index is 1.81. The molecular weight excluding hydrogens is 316 g/mol. The van der Waals surface area contributed by atoms with Crippen molar-refractivity contribution in [2.24, 2.45) is 5.92 Å². The minimum atomic E-state index is -0.461. The number of piperidine rings is 1. The van der Waals surface area contributed by atoms with Crippen molar-refractivity contribution in [1.29, 1.82) is 5.26 Å². The molecule has 0 saturated carbocycles. The minimum absolute atomic E-state index is 0.227. The van der Waals surface area contributed by atoms with E-state index in [9.17, 15) is 4.79 Å². The highest BCUT2D eigenvalue weighted by atomic mass is 16.6. The summed E-state index contributed by atoms with van der Waals surface area (Å²) in [5.74, 6) is 1.14. The maximum atomic E-state index is 12.2. The first-order chi connectivity index (χ1) is 11.8. The lowest BCUT2D eigenvalue weighted by atomic mass is 9.95. The average molecular weight is 344 g/mol. The molecule has 0 aliphatic carbocycles. The van der Waals surface area contributed by atoms with E-state index in [1.807, 2.05) is 39.8 Å². The number of benzene rings is 1. The Hall–Kier alpha value is -2.22. The number of carbonyl (C=O) groups excluding carboxylic acids is 1. The van der Waals surface area contributed by atoms with Gasteiger partial charge in [-0.1, -0.05) is 6.07 Å². The first-order valence-electron chi connectivity index (χ1n) is 8.90. The van der Waals surface area contributed by atoms with Gasteiger partial charge in [0, 0.05) is 13.1 Å². The van der Waals surface area contributed by atoms with E-state index in [-0.39, 0.29) is 6.09 Å². The van der Waals surface area contributed by atoms with Crippen molar-refractivity contribution in [3.63, 3.8) is 0 Å². The van der Waals surface area contributed by atoms with E-state index in [2.05, 4.69) is 6.07 Å². The zero-order chi connectivity index (χ0) is 18.4. The highest BCUT2D eigenvalue weighted by molar-refractivity contribution is 5.68. The number of rotatable bonds is 4. The number of nitriles is 1. The minimum Gasteiger partial charge on any atom is -0.494 e. The number of carbonyl (C=O) groups is 1. The van der Waals surface area contributed by atoms with Crippen LogP contribution in [-0.2, 0) is 4.74 Å². The Morgan fingerprint density at radius 1 is 1.40 bits per heavy atom. The zero-order valence-electron chi connectivity index (χ0n) is 15.7. The van der Waals surface area contributed by atoms with Crippen molar-refractivity contribution >= 4 is 6.09 Å². The van der Waals surface area contributed by atoms with Crippen LogP contribution in [0.2, 0.25) is 0 Å². The van der Waals surface area contributed by atoms with E-state index in [4.69, 9.17) is 14.7 Å². The van der Waals surface area contributed by atoms with Gasteiger partial charge in [0.2, 0.25) is 0 Å². The van der Waals surface area contributed by atoms with Crippen molar-refractivity contribution in [3.8, 4) is 11.8 Å². The van der Waals surface area contributed by atoms with Crippen molar-refractivity contribution < 1.29 is 14.3 Å². The molecule has 1 fully saturated rings. The van der Waals surface area contributed by atoms with Gasteiger partial charge in [0.05, 0.1) is 18.2 Å². The van der Waals surface area contributed by atoms with Gasteiger partial charge < -0.3 is 14.4 Å². The third-order valence-electron chi connectivity index (χ3n) is 4.29. The van der Waals surface area contributed by atoms with Crippen molar-refractivity contribution in [1.82, 2.24) is 4.90 Å². The van der Waals surface area contributed by atoms with E-state index < -0.39 is 5.60 Å². The van der Waals surface area contributed by atoms with E-state index in [1.54, 1.807) is 11.0 Å². The average Bonchev–Trinajstić information content (AvgIpc) is 2.55. The molecule has 0 bridgehead atoms. The number of hydrogen-bond donors (Lipinski definition) is 0. The highest BCUT2D eigenvalue weighted by Crippen LogP contribution is 2.23. The van der Waals surface area contributed by atoms with Gasteiger partial charge in [-0.3, -0.25) is 0 Å². The summed E-state index contributed by atoms with van der Waals surface area (Å²) in [6, 6.07) is 7.75. The van der Waals surface area contributed by atoms with E-state index in [0.29, 0.717) is 18.1 Å². The Bertz CT molecular complexity index is 643. The Kier molecular flexibility index (Phi) is 6.30. The van der Waals surface area contributed by atoms with E-state index >= 15 is 0 Å². The third kappa shape index (κ3) is 5.97. The fourth-order valence-corrected chi connectivity index (χ4v) is 2.95. The molecule has 0 radical (unpaired) electrons. The largest absolute Gasteiger partial charge is 0.494 e. The maximum absolute atomic E-state index is 12.2. The Morgan fingerprint density at radius 2 is 2.16 bits per heavy atom. The molecule has 0 aromatic heterocycles. The molecule has 1 unspecified atom stereocenters. The van der Waals surface area contributed by atoms with Crippen LogP contribution in [0.1, 0.15) is 51.2 Å². The van der Waals surface area contributed by atoms with E-state index in [0.717, 1.165) is 43.7 Å². The topological polar surface area (TPSA) is 62.6 Å². The van der Waals surface area contributed by atoms with Gasteiger partial charge in [-0.25, -0.2) is 4.79 Å². The highest BCUT2D eigenvalue weighted by Gasteiger charge is 2.27. The summed E-state index contributed by atoms with van der Waals surface area (Å²) < 4.78 is 11.3. The van der Waals surface area contributed by atoms with Gasteiger partial charge in [0.15, 0.2) is 0 Å². The molecule has 1 amide bonds. The summed E-state index contributed by atoms with van der Waals surface area (Å²) in [7, 11) is 0. The van der Waals surface area contributed by atoms with Gasteiger partial charge >= 0.3 is 6.09 Å². The van der Waals surface area contributed by atoms with Crippen LogP contribution in [0.25, 0.3) is 0 Å². The van der Waals surface area contributed by atoms with Crippen molar-refractivity contribution in [2.45, 2.75) is 52.6 Å². The molecule has 1 aromatic carbocycles. The molecular formula is C20H28N2O3. The summed E-state index contributed by atoms with van der Waals surface area (Å²) in [6.45, 7) is 9.63. The van der Waals surface area contributed by atoms with Gasteiger partial charge in [0.1, 0.15) is 11.4 Å². The first-order valence-corrected chi connectivity index (χ1v) is 8.90. The summed E-state index contributed by atoms with van der Waals surface area (Å²) in [5.41, 5.74) is 1.14. The second kappa shape index (κ2) is 8.24. The quantitative estimate of drug-likeness (QED) is 0.818. The standard InChI is InChI=1S/C20H28N2O3/c1-15-7-8-18(12-17(15)13-21)24-11-9-16-6-5-10-22(14-16)19(23)25-20(2,3)4/h7-8,12,16H,5-6,9-11,14H2,1-4H3. The zero-order valence-corrected chi connectivity index (χ0v) is 15.7. The fraction of sp³-hybridized carbons (Fsp3) is 0.600. The fourth-order valence-electron chi connectivity index (χ4n) is 2.95. The SMILES string of the molecule is Cc1ccc(OCCC2CCCN(C(=O)OC(C)(C)C)C2)cc1C#N. The Labute approximate surface area is 150 Å². The van der Waals surface area contributed by atoms with Gasteiger partial charge in [-0.15, -0.1) is 0 Å². The number of amides is 1. The molecule has 136 valence electrons.